The lowest BCUT2D eigenvalue weighted by atomic mass is 10.6. The molecule has 1 rings (SSSR count). The Morgan fingerprint density at radius 1 is 1.78 bits per heavy atom. The maximum atomic E-state index is 4.76. The Hall–Kier alpha value is -0.900. The molecular weight excluding hydrogens is 134 g/mol. The van der Waals surface area contributed by atoms with E-state index in [0.717, 1.165) is 5.82 Å². The van der Waals surface area contributed by atoms with E-state index >= 15 is 0 Å². The van der Waals surface area contributed by atoms with E-state index in [2.05, 4.69) is 15.3 Å². The molecule has 9 heavy (non-hydrogen) atoms. The molecule has 0 radical (unpaired) electrons. The average molecular weight is 141 g/mol. The van der Waals surface area contributed by atoms with Crippen molar-refractivity contribution in [3.8, 4) is 0 Å². The smallest absolute Gasteiger partial charge is 0.198 e. The highest BCUT2D eigenvalue weighted by Gasteiger charge is 1.82. The van der Waals surface area contributed by atoms with Gasteiger partial charge in [0.25, 0.3) is 0 Å². The minimum atomic E-state index is 0.502. The zero-order valence-corrected chi connectivity index (χ0v) is 5.83. The molecule has 0 bridgehead atoms. The summed E-state index contributed by atoms with van der Waals surface area (Å²) >= 11 is 4.76. The summed E-state index contributed by atoms with van der Waals surface area (Å²) in [6.45, 7) is 0. The summed E-state index contributed by atoms with van der Waals surface area (Å²) in [6.07, 6.45) is 1.66. The van der Waals surface area contributed by atoms with Crippen molar-refractivity contribution in [1.29, 1.82) is 0 Å². The van der Waals surface area contributed by atoms with Gasteiger partial charge in [-0.1, -0.05) is 0 Å². The van der Waals surface area contributed by atoms with Crippen LogP contribution in [-0.2, 0) is 0 Å². The van der Waals surface area contributed by atoms with Gasteiger partial charge in [-0.3, -0.25) is 0 Å². The predicted octanol–water partition coefficient (Wildman–Crippen LogP) is 1.18. The lowest BCUT2D eigenvalue weighted by molar-refractivity contribution is 1.13. The van der Waals surface area contributed by atoms with Crippen molar-refractivity contribution in [2.45, 2.75) is 0 Å². The molecule has 0 aromatic carbocycles. The third kappa shape index (κ3) is 1.50. The van der Waals surface area contributed by atoms with E-state index in [-0.39, 0.29) is 0 Å². The Labute approximate surface area is 58.1 Å². The van der Waals surface area contributed by atoms with Gasteiger partial charge < -0.3 is 10.3 Å². The van der Waals surface area contributed by atoms with Gasteiger partial charge in [0.2, 0.25) is 0 Å². The van der Waals surface area contributed by atoms with Gasteiger partial charge in [0.15, 0.2) is 4.77 Å². The Balaban J connectivity index is 3.08. The molecule has 4 heteroatoms. The van der Waals surface area contributed by atoms with E-state index in [1.54, 1.807) is 6.20 Å². The van der Waals surface area contributed by atoms with Crippen LogP contribution in [0.2, 0.25) is 0 Å². The van der Waals surface area contributed by atoms with E-state index in [0.29, 0.717) is 4.77 Å². The summed E-state index contributed by atoms with van der Waals surface area (Å²) in [5.74, 6) is 0.884. The zero-order valence-electron chi connectivity index (χ0n) is 5.01. The Kier molecular flexibility index (Phi) is 1.79. The summed E-state index contributed by atoms with van der Waals surface area (Å²) in [5, 5.41) is 2.91. The fraction of sp³-hybridized carbons (Fsp3) is 0.200. The summed E-state index contributed by atoms with van der Waals surface area (Å²) in [5.41, 5.74) is 0. The standard InChI is InChI=1S/C5H7N3S/c1-6-4-2-3-7-5(9)8-4/h2-3H,1H3,(H2,6,7,8,9). The number of aromatic nitrogens is 2. The van der Waals surface area contributed by atoms with Gasteiger partial charge in [-0.05, 0) is 18.3 Å². The molecule has 48 valence electrons. The number of aromatic amines is 1. The van der Waals surface area contributed by atoms with Crippen molar-refractivity contribution in [3.05, 3.63) is 17.0 Å². The topological polar surface area (TPSA) is 40.7 Å². The summed E-state index contributed by atoms with van der Waals surface area (Å²) in [4.78, 5) is 6.66. The maximum absolute atomic E-state index is 4.76. The SMILES string of the molecule is CNc1ccnc(=S)[nH]1. The van der Waals surface area contributed by atoms with Crippen LogP contribution < -0.4 is 5.32 Å². The van der Waals surface area contributed by atoms with Crippen LogP contribution in [0.25, 0.3) is 0 Å². The number of nitrogens with one attached hydrogen (secondary N) is 2. The minimum absolute atomic E-state index is 0.502. The number of hydrogen-bond donors (Lipinski definition) is 2. The Morgan fingerprint density at radius 2 is 2.56 bits per heavy atom. The van der Waals surface area contributed by atoms with Crippen molar-refractivity contribution in [2.24, 2.45) is 0 Å². The first-order valence-electron chi connectivity index (χ1n) is 2.56. The molecule has 0 aliphatic heterocycles. The lowest BCUT2D eigenvalue weighted by Gasteiger charge is -1.95. The van der Waals surface area contributed by atoms with Crippen LogP contribution >= 0.6 is 12.2 Å². The second kappa shape index (κ2) is 2.59. The Bertz CT molecular complexity index is 242. The average Bonchev–Trinajstić information content (AvgIpc) is 1.88. The predicted molar refractivity (Wildman–Crippen MR) is 39.0 cm³/mol. The molecule has 0 unspecified atom stereocenters. The number of rotatable bonds is 1. The van der Waals surface area contributed by atoms with Gasteiger partial charge in [0.1, 0.15) is 5.82 Å². The molecule has 0 saturated carbocycles. The number of H-pyrrole nitrogens is 1. The molecule has 0 saturated heterocycles. The third-order valence-electron chi connectivity index (χ3n) is 0.944. The van der Waals surface area contributed by atoms with Crippen LogP contribution in [-0.4, -0.2) is 17.0 Å². The van der Waals surface area contributed by atoms with Crippen molar-refractivity contribution in [2.75, 3.05) is 12.4 Å². The van der Waals surface area contributed by atoms with Crippen LogP contribution in [0.3, 0.4) is 0 Å². The minimum Gasteiger partial charge on any atom is -0.375 e. The monoisotopic (exact) mass is 141 g/mol. The molecule has 0 atom stereocenters. The van der Waals surface area contributed by atoms with Crippen LogP contribution in [0.1, 0.15) is 0 Å². The molecule has 0 aliphatic carbocycles. The van der Waals surface area contributed by atoms with Gasteiger partial charge in [-0.2, -0.15) is 0 Å². The quantitative estimate of drug-likeness (QED) is 0.577. The third-order valence-corrected chi connectivity index (χ3v) is 1.15. The highest BCUT2D eigenvalue weighted by molar-refractivity contribution is 7.71. The molecular formula is C5H7N3S. The fourth-order valence-electron chi connectivity index (χ4n) is 0.514. The van der Waals surface area contributed by atoms with E-state index in [4.69, 9.17) is 12.2 Å². The molecule has 3 nitrogen and oxygen atoms in total. The first-order valence-corrected chi connectivity index (χ1v) is 2.97. The normalized spacial score (nSPS) is 9.00. The zero-order chi connectivity index (χ0) is 6.69. The highest BCUT2D eigenvalue weighted by Crippen LogP contribution is 1.95. The van der Waals surface area contributed by atoms with Crippen molar-refractivity contribution >= 4 is 18.0 Å². The first kappa shape index (κ1) is 6.22. The molecule has 2 N–H and O–H groups in total. The number of anilines is 1. The molecule has 0 aliphatic rings. The molecule has 0 fully saturated rings. The molecule has 0 spiro atoms. The second-order valence-electron chi connectivity index (χ2n) is 1.54. The summed E-state index contributed by atoms with van der Waals surface area (Å²) < 4.78 is 0.502. The van der Waals surface area contributed by atoms with Crippen LogP contribution in [0, 0.1) is 4.77 Å². The van der Waals surface area contributed by atoms with Crippen LogP contribution in [0.5, 0.6) is 0 Å². The highest BCUT2D eigenvalue weighted by atomic mass is 32.1. The molecule has 1 aromatic heterocycles. The van der Waals surface area contributed by atoms with Gasteiger partial charge in [-0.15, -0.1) is 0 Å². The van der Waals surface area contributed by atoms with Crippen LogP contribution in [0.15, 0.2) is 12.3 Å². The lowest BCUT2D eigenvalue weighted by Crippen LogP contribution is -1.91. The largest absolute Gasteiger partial charge is 0.375 e. The van der Waals surface area contributed by atoms with E-state index in [1.807, 2.05) is 13.1 Å². The maximum Gasteiger partial charge on any atom is 0.198 e. The van der Waals surface area contributed by atoms with Crippen molar-refractivity contribution in [1.82, 2.24) is 9.97 Å². The summed E-state index contributed by atoms with van der Waals surface area (Å²) in [6, 6.07) is 1.82. The van der Waals surface area contributed by atoms with Crippen molar-refractivity contribution < 1.29 is 0 Å². The number of nitrogens with zero attached hydrogens (tertiary/aromatic N) is 1. The van der Waals surface area contributed by atoms with Gasteiger partial charge in [0.05, 0.1) is 0 Å². The van der Waals surface area contributed by atoms with Gasteiger partial charge in [0, 0.05) is 13.2 Å². The molecule has 0 amide bonds. The van der Waals surface area contributed by atoms with E-state index < -0.39 is 0 Å². The first-order chi connectivity index (χ1) is 4.33. The molecule has 1 aromatic rings. The number of hydrogen-bond acceptors (Lipinski definition) is 3. The second-order valence-corrected chi connectivity index (χ2v) is 1.93. The summed E-state index contributed by atoms with van der Waals surface area (Å²) in [7, 11) is 1.82. The van der Waals surface area contributed by atoms with Crippen LogP contribution in [0.4, 0.5) is 5.82 Å². The van der Waals surface area contributed by atoms with E-state index in [9.17, 15) is 0 Å². The van der Waals surface area contributed by atoms with Crippen molar-refractivity contribution in [3.63, 3.8) is 0 Å². The van der Waals surface area contributed by atoms with E-state index in [1.165, 1.54) is 0 Å². The molecule has 1 heterocycles. The fourth-order valence-corrected chi connectivity index (χ4v) is 0.685. The van der Waals surface area contributed by atoms with Gasteiger partial charge in [-0.25, -0.2) is 4.98 Å². The van der Waals surface area contributed by atoms with Gasteiger partial charge >= 0.3 is 0 Å². The Morgan fingerprint density at radius 3 is 3.00 bits per heavy atom.